The summed E-state index contributed by atoms with van der Waals surface area (Å²) in [6.45, 7) is 4.10. The number of esters is 1. The maximum Gasteiger partial charge on any atom is 0.317 e. The highest BCUT2D eigenvalue weighted by atomic mass is 16.5. The Balaban J connectivity index is 2.38. The van der Waals surface area contributed by atoms with Gasteiger partial charge in [-0.1, -0.05) is 11.5 Å². The zero-order valence-corrected chi connectivity index (χ0v) is 9.62. The van der Waals surface area contributed by atoms with E-state index in [0.29, 0.717) is 12.1 Å². The van der Waals surface area contributed by atoms with E-state index in [2.05, 4.69) is 4.98 Å². The number of pyridine rings is 1. The van der Waals surface area contributed by atoms with Crippen molar-refractivity contribution in [1.29, 1.82) is 0 Å². The highest BCUT2D eigenvalue weighted by molar-refractivity contribution is 6.32. The summed E-state index contributed by atoms with van der Waals surface area (Å²) in [6.07, 6.45) is 3.18. The summed E-state index contributed by atoms with van der Waals surface area (Å²) in [5.74, 6) is -0.189. The topological polar surface area (TPSA) is 39.2 Å². The monoisotopic (exact) mass is 215 g/mol. The summed E-state index contributed by atoms with van der Waals surface area (Å²) < 4.78 is 5.11. The van der Waals surface area contributed by atoms with Crippen LogP contribution in [-0.2, 0) is 21.4 Å². The number of fused-ring (bicyclic) bond motifs is 1. The van der Waals surface area contributed by atoms with Crippen molar-refractivity contribution in [3.63, 3.8) is 0 Å². The van der Waals surface area contributed by atoms with Crippen molar-refractivity contribution >= 4 is 19.3 Å². The van der Waals surface area contributed by atoms with Gasteiger partial charge in [0.15, 0.2) is 0 Å². The van der Waals surface area contributed by atoms with E-state index in [1.54, 1.807) is 6.20 Å². The Morgan fingerprint density at radius 2 is 2.44 bits per heavy atom. The number of hydrogen-bond acceptors (Lipinski definition) is 3. The molecule has 1 aliphatic rings. The summed E-state index contributed by atoms with van der Waals surface area (Å²) in [4.78, 5) is 16.2. The van der Waals surface area contributed by atoms with Crippen molar-refractivity contribution in [3.05, 3.63) is 23.5 Å². The number of carbonyl (C=O) groups excluding carboxylic acids is 1. The molecule has 82 valence electrons. The van der Waals surface area contributed by atoms with Gasteiger partial charge in [0.2, 0.25) is 0 Å². The van der Waals surface area contributed by atoms with Gasteiger partial charge in [-0.25, -0.2) is 0 Å². The molecular formula is C12H14BNO2. The first-order chi connectivity index (χ1) is 7.58. The Morgan fingerprint density at radius 3 is 3.12 bits per heavy atom. The smallest absolute Gasteiger partial charge is 0.317 e. The van der Waals surface area contributed by atoms with Gasteiger partial charge in [0.05, 0.1) is 12.3 Å². The average molecular weight is 215 g/mol. The van der Waals surface area contributed by atoms with Crippen LogP contribution in [0.5, 0.6) is 0 Å². The Kier molecular flexibility index (Phi) is 2.74. The Labute approximate surface area is 96.6 Å². The predicted octanol–water partition coefficient (Wildman–Crippen LogP) is 0.642. The zero-order chi connectivity index (χ0) is 11.8. The van der Waals surface area contributed by atoms with Crippen LogP contribution in [0, 0.1) is 0 Å². The van der Waals surface area contributed by atoms with Crippen LogP contribution in [0.4, 0.5) is 0 Å². The molecule has 0 aliphatic heterocycles. The fraction of sp³-hybridized carbons (Fsp3) is 0.500. The van der Waals surface area contributed by atoms with E-state index in [9.17, 15) is 4.79 Å². The molecule has 0 fully saturated rings. The van der Waals surface area contributed by atoms with Crippen LogP contribution in [-0.4, -0.2) is 25.4 Å². The number of nitrogens with zero attached hydrogens (tertiary/aromatic N) is 1. The number of rotatable bonds is 2. The summed E-state index contributed by atoms with van der Waals surface area (Å²) in [5.41, 5.74) is 1.93. The van der Waals surface area contributed by atoms with E-state index in [0.717, 1.165) is 24.1 Å². The quantitative estimate of drug-likeness (QED) is 0.536. The third kappa shape index (κ3) is 1.62. The maximum absolute atomic E-state index is 11.9. The fourth-order valence-corrected chi connectivity index (χ4v) is 2.21. The largest absolute Gasteiger partial charge is 0.465 e. The molecule has 3 nitrogen and oxygen atoms in total. The van der Waals surface area contributed by atoms with E-state index in [1.165, 1.54) is 0 Å². The van der Waals surface area contributed by atoms with Crippen molar-refractivity contribution in [2.75, 3.05) is 6.61 Å². The van der Waals surface area contributed by atoms with Gasteiger partial charge in [0.1, 0.15) is 13.3 Å². The zero-order valence-electron chi connectivity index (χ0n) is 9.62. The molecule has 0 bridgehead atoms. The summed E-state index contributed by atoms with van der Waals surface area (Å²) in [6, 6.07) is 1.90. The van der Waals surface area contributed by atoms with Crippen molar-refractivity contribution in [1.82, 2.24) is 4.98 Å². The molecule has 1 aromatic heterocycles. The maximum atomic E-state index is 11.9. The highest BCUT2D eigenvalue weighted by Crippen LogP contribution is 2.37. The molecule has 1 aliphatic carbocycles. The van der Waals surface area contributed by atoms with Crippen LogP contribution < -0.4 is 5.46 Å². The van der Waals surface area contributed by atoms with Crippen LogP contribution in [0.15, 0.2) is 12.3 Å². The normalized spacial score (nSPS) is 22.9. The molecule has 1 atom stereocenters. The second-order valence-corrected chi connectivity index (χ2v) is 4.33. The number of carbonyl (C=O) groups is 1. The lowest BCUT2D eigenvalue weighted by molar-refractivity contribution is -0.149. The summed E-state index contributed by atoms with van der Waals surface area (Å²) in [7, 11) is 5.68. The molecular weight excluding hydrogens is 201 g/mol. The minimum absolute atomic E-state index is 0.189. The molecule has 0 N–H and O–H groups in total. The van der Waals surface area contributed by atoms with Gasteiger partial charge in [0, 0.05) is 6.20 Å². The van der Waals surface area contributed by atoms with Crippen molar-refractivity contribution in [3.8, 4) is 0 Å². The molecule has 0 amide bonds. The third-order valence-corrected chi connectivity index (χ3v) is 3.13. The van der Waals surface area contributed by atoms with Gasteiger partial charge < -0.3 is 4.74 Å². The predicted molar refractivity (Wildman–Crippen MR) is 61.9 cm³/mol. The molecule has 0 saturated carbocycles. The number of aromatic nitrogens is 1. The first-order valence-corrected chi connectivity index (χ1v) is 5.50. The van der Waals surface area contributed by atoms with Crippen LogP contribution in [0.1, 0.15) is 31.5 Å². The molecule has 0 spiro atoms. The Morgan fingerprint density at radius 1 is 1.69 bits per heavy atom. The van der Waals surface area contributed by atoms with E-state index >= 15 is 0 Å². The van der Waals surface area contributed by atoms with Gasteiger partial charge in [-0.05, 0) is 32.3 Å². The van der Waals surface area contributed by atoms with Crippen LogP contribution in [0.2, 0.25) is 0 Å². The molecule has 2 rings (SSSR count). The Bertz CT molecular complexity index is 433. The lowest BCUT2D eigenvalue weighted by atomic mass is 9.87. The van der Waals surface area contributed by atoms with E-state index in [1.807, 2.05) is 19.9 Å². The summed E-state index contributed by atoms with van der Waals surface area (Å²) in [5, 5.41) is 0. The SMILES string of the molecule is [B]c1cnc2c(c1)CCC2(C)C(=O)OCC. The van der Waals surface area contributed by atoms with Gasteiger partial charge in [0.25, 0.3) is 0 Å². The first-order valence-electron chi connectivity index (χ1n) is 5.50. The van der Waals surface area contributed by atoms with Gasteiger partial charge in [-0.15, -0.1) is 0 Å². The average Bonchev–Trinajstić information content (AvgIpc) is 2.58. The fourth-order valence-electron chi connectivity index (χ4n) is 2.21. The molecule has 0 aromatic carbocycles. The highest BCUT2D eigenvalue weighted by Gasteiger charge is 2.43. The van der Waals surface area contributed by atoms with E-state index in [-0.39, 0.29) is 5.97 Å². The van der Waals surface area contributed by atoms with Crippen molar-refractivity contribution in [2.24, 2.45) is 0 Å². The van der Waals surface area contributed by atoms with Gasteiger partial charge >= 0.3 is 5.97 Å². The number of ether oxygens (including phenoxy) is 1. The molecule has 1 heterocycles. The minimum atomic E-state index is -0.598. The van der Waals surface area contributed by atoms with E-state index < -0.39 is 5.41 Å². The number of hydrogen-bond donors (Lipinski definition) is 0. The lowest BCUT2D eigenvalue weighted by Crippen LogP contribution is -2.33. The minimum Gasteiger partial charge on any atom is -0.465 e. The molecule has 16 heavy (non-hydrogen) atoms. The second-order valence-electron chi connectivity index (χ2n) is 4.33. The lowest BCUT2D eigenvalue weighted by Gasteiger charge is -2.21. The van der Waals surface area contributed by atoms with Crippen LogP contribution in [0.25, 0.3) is 0 Å². The standard InChI is InChI=1S/C12H14BNO2/c1-3-16-11(15)12(2)5-4-8-6-9(13)7-14-10(8)12/h6-7H,3-5H2,1-2H3. The molecule has 1 unspecified atom stereocenters. The van der Waals surface area contributed by atoms with Gasteiger partial charge in [-0.3, -0.25) is 9.78 Å². The molecule has 2 radical (unpaired) electrons. The second kappa shape index (κ2) is 3.93. The van der Waals surface area contributed by atoms with Crippen molar-refractivity contribution in [2.45, 2.75) is 32.1 Å². The summed E-state index contributed by atoms with van der Waals surface area (Å²) >= 11 is 0. The van der Waals surface area contributed by atoms with Crippen LogP contribution >= 0.6 is 0 Å². The number of aryl methyl sites for hydroxylation is 1. The Hall–Kier alpha value is -1.32. The van der Waals surface area contributed by atoms with Crippen molar-refractivity contribution < 1.29 is 9.53 Å². The van der Waals surface area contributed by atoms with Gasteiger partial charge in [-0.2, -0.15) is 0 Å². The van der Waals surface area contributed by atoms with E-state index in [4.69, 9.17) is 12.6 Å². The molecule has 0 saturated heterocycles. The first kappa shape index (κ1) is 11.2. The molecule has 4 heteroatoms. The molecule has 1 aromatic rings. The third-order valence-electron chi connectivity index (χ3n) is 3.13. The van der Waals surface area contributed by atoms with Crippen LogP contribution in [0.3, 0.4) is 0 Å².